The topological polar surface area (TPSA) is 23.5 Å². The summed E-state index contributed by atoms with van der Waals surface area (Å²) < 4.78 is 0. The van der Waals surface area contributed by atoms with Gasteiger partial charge < -0.3 is 10.0 Å². The van der Waals surface area contributed by atoms with E-state index in [1.54, 1.807) is 0 Å². The zero-order chi connectivity index (χ0) is 5.98. The highest BCUT2D eigenvalue weighted by Gasteiger charge is 2.18. The standard InChI is InChI=1S/C6H13NO.H2S/c1-7-4-2-3-6(7)5-8;/h6,8H,2-5H2,1H3;1H2/t6-;/m0./s1. The Hall–Kier alpha value is 0.270. The van der Waals surface area contributed by atoms with Gasteiger partial charge in [0.25, 0.3) is 0 Å². The lowest BCUT2D eigenvalue weighted by Crippen LogP contribution is -2.27. The molecule has 0 amide bonds. The summed E-state index contributed by atoms with van der Waals surface area (Å²) in [6.07, 6.45) is 2.43. The van der Waals surface area contributed by atoms with E-state index in [0.717, 1.165) is 6.54 Å². The summed E-state index contributed by atoms with van der Waals surface area (Å²) in [4.78, 5) is 2.21. The minimum atomic E-state index is 0. The Morgan fingerprint density at radius 1 is 1.67 bits per heavy atom. The van der Waals surface area contributed by atoms with E-state index in [2.05, 4.69) is 11.9 Å². The lowest BCUT2D eigenvalue weighted by molar-refractivity contribution is 0.182. The molecule has 1 N–H and O–H groups in total. The quantitative estimate of drug-likeness (QED) is 0.575. The fraction of sp³-hybridized carbons (Fsp3) is 1.00. The summed E-state index contributed by atoms with van der Waals surface area (Å²) in [5.41, 5.74) is 0. The molecule has 1 saturated heterocycles. The van der Waals surface area contributed by atoms with Crippen LogP contribution in [0.2, 0.25) is 0 Å². The lowest BCUT2D eigenvalue weighted by atomic mass is 10.2. The Labute approximate surface area is 63.3 Å². The molecule has 0 aromatic carbocycles. The minimum absolute atomic E-state index is 0. The average Bonchev–Trinajstić information content (AvgIpc) is 2.14. The highest BCUT2D eigenvalue weighted by Crippen LogP contribution is 2.12. The van der Waals surface area contributed by atoms with Gasteiger partial charge in [-0.2, -0.15) is 13.5 Å². The fourth-order valence-electron chi connectivity index (χ4n) is 1.21. The van der Waals surface area contributed by atoms with Gasteiger partial charge in [0.2, 0.25) is 0 Å². The van der Waals surface area contributed by atoms with Crippen molar-refractivity contribution in [2.45, 2.75) is 18.9 Å². The van der Waals surface area contributed by atoms with Gasteiger partial charge in [-0.15, -0.1) is 0 Å². The number of hydrogen-bond donors (Lipinski definition) is 1. The largest absolute Gasteiger partial charge is 0.395 e. The van der Waals surface area contributed by atoms with Crippen LogP contribution in [0.1, 0.15) is 12.8 Å². The molecule has 1 aliphatic rings. The Morgan fingerprint density at radius 2 is 2.33 bits per heavy atom. The molecule has 56 valence electrons. The van der Waals surface area contributed by atoms with Crippen molar-refractivity contribution < 1.29 is 5.11 Å². The fourth-order valence-corrected chi connectivity index (χ4v) is 1.21. The third-order valence-electron chi connectivity index (χ3n) is 1.88. The van der Waals surface area contributed by atoms with Gasteiger partial charge in [0.15, 0.2) is 0 Å². The van der Waals surface area contributed by atoms with Gasteiger partial charge in [-0.3, -0.25) is 0 Å². The van der Waals surface area contributed by atoms with Gasteiger partial charge in [0, 0.05) is 6.04 Å². The molecule has 0 unspecified atom stereocenters. The number of rotatable bonds is 1. The van der Waals surface area contributed by atoms with E-state index in [9.17, 15) is 0 Å². The second kappa shape index (κ2) is 4.14. The molecule has 9 heavy (non-hydrogen) atoms. The number of aliphatic hydroxyl groups is 1. The molecule has 0 saturated carbocycles. The van der Waals surface area contributed by atoms with E-state index in [1.807, 2.05) is 0 Å². The van der Waals surface area contributed by atoms with Gasteiger partial charge in [-0.1, -0.05) is 0 Å². The smallest absolute Gasteiger partial charge is 0.0586 e. The Bertz CT molecular complexity index is 79.5. The van der Waals surface area contributed by atoms with Crippen LogP contribution in [0.15, 0.2) is 0 Å². The van der Waals surface area contributed by atoms with Crippen molar-refractivity contribution in [2.75, 3.05) is 20.2 Å². The van der Waals surface area contributed by atoms with Crippen molar-refractivity contribution in [1.82, 2.24) is 4.90 Å². The zero-order valence-corrected chi connectivity index (χ0v) is 6.80. The van der Waals surface area contributed by atoms with Crippen molar-refractivity contribution in [3.05, 3.63) is 0 Å². The second-order valence-electron chi connectivity index (χ2n) is 2.46. The van der Waals surface area contributed by atoms with Crippen molar-refractivity contribution in [3.63, 3.8) is 0 Å². The van der Waals surface area contributed by atoms with Crippen LogP contribution >= 0.6 is 13.5 Å². The molecule has 0 spiro atoms. The Balaban J connectivity index is 0.000000640. The van der Waals surface area contributed by atoms with Crippen LogP contribution in [0.25, 0.3) is 0 Å². The van der Waals surface area contributed by atoms with Crippen LogP contribution in [-0.2, 0) is 0 Å². The van der Waals surface area contributed by atoms with Crippen LogP contribution in [0, 0.1) is 0 Å². The third kappa shape index (κ3) is 2.16. The summed E-state index contributed by atoms with van der Waals surface area (Å²) in [5, 5.41) is 8.69. The minimum Gasteiger partial charge on any atom is -0.395 e. The Morgan fingerprint density at radius 3 is 2.56 bits per heavy atom. The van der Waals surface area contributed by atoms with Crippen molar-refractivity contribution in [2.24, 2.45) is 0 Å². The van der Waals surface area contributed by atoms with Crippen molar-refractivity contribution in [1.29, 1.82) is 0 Å². The van der Waals surface area contributed by atoms with Crippen LogP contribution in [0.5, 0.6) is 0 Å². The van der Waals surface area contributed by atoms with E-state index in [1.165, 1.54) is 12.8 Å². The molecular formula is C6H15NOS. The van der Waals surface area contributed by atoms with Gasteiger partial charge >= 0.3 is 0 Å². The second-order valence-corrected chi connectivity index (χ2v) is 2.46. The molecule has 1 rings (SSSR count). The first-order valence-electron chi connectivity index (χ1n) is 3.15. The predicted molar refractivity (Wildman–Crippen MR) is 43.1 cm³/mol. The van der Waals surface area contributed by atoms with Gasteiger partial charge in [0.05, 0.1) is 6.61 Å². The van der Waals surface area contributed by atoms with E-state index in [0.29, 0.717) is 12.6 Å². The summed E-state index contributed by atoms with van der Waals surface area (Å²) in [6.45, 7) is 1.49. The summed E-state index contributed by atoms with van der Waals surface area (Å²) in [6, 6.07) is 0.454. The number of hydrogen-bond acceptors (Lipinski definition) is 2. The maximum atomic E-state index is 8.69. The Kier molecular flexibility index (Phi) is 4.27. The summed E-state index contributed by atoms with van der Waals surface area (Å²) >= 11 is 0. The number of likely N-dealkylation sites (tertiary alicyclic amines) is 1. The van der Waals surface area contributed by atoms with Crippen molar-refractivity contribution >= 4 is 13.5 Å². The summed E-state index contributed by atoms with van der Waals surface area (Å²) in [7, 11) is 2.06. The van der Waals surface area contributed by atoms with E-state index < -0.39 is 0 Å². The van der Waals surface area contributed by atoms with Crippen LogP contribution in [-0.4, -0.2) is 36.2 Å². The number of likely N-dealkylation sites (N-methyl/N-ethyl adjacent to an activating group) is 1. The van der Waals surface area contributed by atoms with E-state index in [-0.39, 0.29) is 13.5 Å². The first-order valence-corrected chi connectivity index (χ1v) is 3.15. The number of nitrogens with zero attached hydrogens (tertiary/aromatic N) is 1. The third-order valence-corrected chi connectivity index (χ3v) is 1.88. The van der Waals surface area contributed by atoms with Gasteiger partial charge in [-0.25, -0.2) is 0 Å². The van der Waals surface area contributed by atoms with Crippen LogP contribution in [0.4, 0.5) is 0 Å². The molecule has 1 aliphatic heterocycles. The summed E-state index contributed by atoms with van der Waals surface area (Å²) in [5.74, 6) is 0. The molecule has 0 aromatic rings. The lowest BCUT2D eigenvalue weighted by Gasteiger charge is -2.15. The zero-order valence-electron chi connectivity index (χ0n) is 5.80. The molecule has 1 fully saturated rings. The molecule has 0 bridgehead atoms. The van der Waals surface area contributed by atoms with Gasteiger partial charge in [-0.05, 0) is 26.4 Å². The highest BCUT2D eigenvalue weighted by atomic mass is 32.1. The van der Waals surface area contributed by atoms with Gasteiger partial charge in [0.1, 0.15) is 0 Å². The molecular weight excluding hydrogens is 134 g/mol. The van der Waals surface area contributed by atoms with E-state index >= 15 is 0 Å². The first kappa shape index (κ1) is 9.27. The highest BCUT2D eigenvalue weighted by molar-refractivity contribution is 7.59. The molecule has 0 aliphatic carbocycles. The molecule has 0 radical (unpaired) electrons. The first-order chi connectivity index (χ1) is 3.84. The van der Waals surface area contributed by atoms with Crippen LogP contribution < -0.4 is 0 Å². The molecule has 2 nitrogen and oxygen atoms in total. The molecule has 3 heteroatoms. The van der Waals surface area contributed by atoms with Crippen LogP contribution in [0.3, 0.4) is 0 Å². The predicted octanol–water partition coefficient (Wildman–Crippen LogP) is 0.186. The van der Waals surface area contributed by atoms with Crippen molar-refractivity contribution in [3.8, 4) is 0 Å². The maximum absolute atomic E-state index is 8.69. The number of aliphatic hydroxyl groups excluding tert-OH is 1. The van der Waals surface area contributed by atoms with E-state index in [4.69, 9.17) is 5.11 Å². The maximum Gasteiger partial charge on any atom is 0.0586 e. The average molecular weight is 149 g/mol. The SMILES string of the molecule is CN1CCC[C@H]1CO.S. The monoisotopic (exact) mass is 149 g/mol. The molecule has 1 atom stereocenters. The molecule has 1 heterocycles. The normalized spacial score (nSPS) is 28.0. The molecule has 0 aromatic heterocycles.